The first-order valence-corrected chi connectivity index (χ1v) is 6.91. The number of hydrogen-bond donors (Lipinski definition) is 1. The van der Waals surface area contributed by atoms with E-state index in [0.717, 1.165) is 11.4 Å². The molecule has 2 N–H and O–H groups in total. The zero-order valence-electron chi connectivity index (χ0n) is 10.6. The number of hydrogen-bond acceptors (Lipinski definition) is 3. The lowest BCUT2D eigenvalue weighted by Crippen LogP contribution is -2.22. The van der Waals surface area contributed by atoms with Gasteiger partial charge in [-0.2, -0.15) is 0 Å². The lowest BCUT2D eigenvalue weighted by molar-refractivity contribution is 0.286. The first-order valence-electron chi connectivity index (χ1n) is 6.09. The van der Waals surface area contributed by atoms with E-state index in [4.69, 9.17) is 5.73 Å². The van der Waals surface area contributed by atoms with Crippen LogP contribution in [-0.4, -0.2) is 24.5 Å². The van der Waals surface area contributed by atoms with Gasteiger partial charge in [0.25, 0.3) is 0 Å². The van der Waals surface area contributed by atoms with Crippen LogP contribution in [0.1, 0.15) is 30.0 Å². The lowest BCUT2D eigenvalue weighted by atomic mass is 9.93. The fourth-order valence-corrected chi connectivity index (χ4v) is 3.17. The minimum atomic E-state index is 0.438. The second-order valence-corrected chi connectivity index (χ2v) is 6.57. The summed E-state index contributed by atoms with van der Waals surface area (Å²) in [4.78, 5) is 5.07. The average Bonchev–Trinajstić information content (AvgIpc) is 2.83. The van der Waals surface area contributed by atoms with Gasteiger partial charge in [-0.25, -0.2) is 0 Å². The van der Waals surface area contributed by atoms with Crippen LogP contribution in [0.5, 0.6) is 0 Å². The summed E-state index contributed by atoms with van der Waals surface area (Å²) in [5, 5.41) is 0. The Morgan fingerprint density at radius 2 is 2.29 bits per heavy atom. The number of thiophene rings is 1. The molecule has 1 aromatic heterocycles. The minimum absolute atomic E-state index is 0.438. The van der Waals surface area contributed by atoms with E-state index >= 15 is 0 Å². The van der Waals surface area contributed by atoms with Crippen LogP contribution in [-0.2, 0) is 6.54 Å². The molecule has 1 fully saturated rings. The highest BCUT2D eigenvalue weighted by molar-refractivity contribution is 7.12. The summed E-state index contributed by atoms with van der Waals surface area (Å²) >= 11 is 1.79. The molecule has 0 aromatic carbocycles. The molecule has 0 amide bonds. The summed E-state index contributed by atoms with van der Waals surface area (Å²) in [6.07, 6.45) is 1.30. The summed E-state index contributed by atoms with van der Waals surface area (Å²) in [6, 6.07) is 4.29. The van der Waals surface area contributed by atoms with Crippen molar-refractivity contribution in [2.75, 3.05) is 19.6 Å². The Kier molecular flexibility index (Phi) is 3.88. The van der Waals surface area contributed by atoms with Gasteiger partial charge >= 0.3 is 0 Å². The van der Waals surface area contributed by atoms with E-state index in [2.05, 4.69) is 42.7 Å². The quantitative estimate of drug-likeness (QED) is 0.814. The summed E-state index contributed by atoms with van der Waals surface area (Å²) in [7, 11) is 0. The molecule has 92 valence electrons. The maximum atomic E-state index is 5.37. The molecule has 0 unspecified atom stereocenters. The molecular weight excluding hydrogens is 228 g/mol. The third kappa shape index (κ3) is 3.57. The van der Waals surface area contributed by atoms with E-state index < -0.39 is 0 Å². The van der Waals surface area contributed by atoms with E-state index in [1.54, 1.807) is 11.3 Å². The standard InChI is InChI=1S/C14H20N2S/c1-14(2)7-9-16(11-14)10-13-6-5-12(17-13)4-3-8-15/h5-6H,7-11,15H2,1-2H3. The van der Waals surface area contributed by atoms with Gasteiger partial charge in [0.1, 0.15) is 0 Å². The monoisotopic (exact) mass is 248 g/mol. The van der Waals surface area contributed by atoms with Crippen molar-refractivity contribution >= 4 is 11.3 Å². The highest BCUT2D eigenvalue weighted by Crippen LogP contribution is 2.30. The van der Waals surface area contributed by atoms with Gasteiger partial charge in [-0.1, -0.05) is 25.7 Å². The van der Waals surface area contributed by atoms with Crippen LogP contribution in [0.3, 0.4) is 0 Å². The van der Waals surface area contributed by atoms with Crippen molar-refractivity contribution in [3.8, 4) is 11.8 Å². The molecule has 17 heavy (non-hydrogen) atoms. The average molecular weight is 248 g/mol. The van der Waals surface area contributed by atoms with Crippen molar-refractivity contribution in [1.29, 1.82) is 0 Å². The van der Waals surface area contributed by atoms with Crippen LogP contribution < -0.4 is 5.73 Å². The summed E-state index contributed by atoms with van der Waals surface area (Å²) in [6.45, 7) is 8.62. The summed E-state index contributed by atoms with van der Waals surface area (Å²) < 4.78 is 0. The Morgan fingerprint density at radius 1 is 1.47 bits per heavy atom. The smallest absolute Gasteiger partial charge is 0.0772 e. The number of nitrogens with two attached hydrogens (primary N) is 1. The Hall–Kier alpha value is -0.820. The maximum Gasteiger partial charge on any atom is 0.0772 e. The number of rotatable bonds is 2. The highest BCUT2D eigenvalue weighted by atomic mass is 32.1. The van der Waals surface area contributed by atoms with Gasteiger partial charge in [0.05, 0.1) is 11.4 Å². The van der Waals surface area contributed by atoms with Crippen molar-refractivity contribution in [3.05, 3.63) is 21.9 Å². The van der Waals surface area contributed by atoms with Gasteiger partial charge in [-0.05, 0) is 30.5 Å². The fraction of sp³-hybridized carbons (Fsp3) is 0.571. The lowest BCUT2D eigenvalue weighted by Gasteiger charge is -2.18. The normalized spacial score (nSPS) is 19.0. The van der Waals surface area contributed by atoms with Crippen LogP contribution in [0.15, 0.2) is 12.1 Å². The molecule has 1 aliphatic heterocycles. The summed E-state index contributed by atoms with van der Waals surface area (Å²) in [5.41, 5.74) is 5.85. The first kappa shape index (κ1) is 12.6. The molecular formula is C14H20N2S. The zero-order chi connectivity index (χ0) is 12.3. The van der Waals surface area contributed by atoms with Crippen LogP contribution >= 0.6 is 11.3 Å². The zero-order valence-corrected chi connectivity index (χ0v) is 11.4. The first-order chi connectivity index (χ1) is 8.09. The minimum Gasteiger partial charge on any atom is -0.320 e. The van der Waals surface area contributed by atoms with Gasteiger partial charge in [0.15, 0.2) is 0 Å². The predicted octanol–water partition coefficient (Wildman–Crippen LogP) is 2.29. The predicted molar refractivity (Wildman–Crippen MR) is 73.9 cm³/mol. The molecule has 1 aromatic rings. The van der Waals surface area contributed by atoms with Crippen molar-refractivity contribution in [2.45, 2.75) is 26.8 Å². The molecule has 0 spiro atoms. The molecule has 2 nitrogen and oxygen atoms in total. The van der Waals surface area contributed by atoms with Crippen molar-refractivity contribution in [1.82, 2.24) is 4.90 Å². The topological polar surface area (TPSA) is 29.3 Å². The fourth-order valence-electron chi connectivity index (χ4n) is 2.25. The third-order valence-electron chi connectivity index (χ3n) is 3.11. The number of nitrogens with zero attached hydrogens (tertiary/aromatic N) is 1. The van der Waals surface area contributed by atoms with E-state index in [1.165, 1.54) is 24.4 Å². The van der Waals surface area contributed by atoms with Crippen LogP contribution in [0.2, 0.25) is 0 Å². The Morgan fingerprint density at radius 3 is 2.94 bits per heavy atom. The van der Waals surface area contributed by atoms with Gasteiger partial charge < -0.3 is 5.73 Å². The van der Waals surface area contributed by atoms with Crippen molar-refractivity contribution in [3.63, 3.8) is 0 Å². The van der Waals surface area contributed by atoms with Crippen molar-refractivity contribution < 1.29 is 0 Å². The molecule has 0 radical (unpaired) electrons. The molecule has 2 rings (SSSR count). The second-order valence-electron chi connectivity index (χ2n) is 5.40. The molecule has 3 heteroatoms. The Balaban J connectivity index is 1.94. The second kappa shape index (κ2) is 5.22. The highest BCUT2D eigenvalue weighted by Gasteiger charge is 2.28. The SMILES string of the molecule is CC1(C)CCN(Cc2ccc(C#CCN)s2)C1. The van der Waals surface area contributed by atoms with E-state index in [-0.39, 0.29) is 0 Å². The largest absolute Gasteiger partial charge is 0.320 e. The van der Waals surface area contributed by atoms with Gasteiger partial charge in [0.2, 0.25) is 0 Å². The maximum absolute atomic E-state index is 5.37. The van der Waals surface area contributed by atoms with Crippen LogP contribution in [0.25, 0.3) is 0 Å². The molecule has 0 bridgehead atoms. The number of likely N-dealkylation sites (tertiary alicyclic amines) is 1. The molecule has 0 atom stereocenters. The Labute approximate surface area is 108 Å². The molecule has 0 aliphatic carbocycles. The molecule has 0 saturated carbocycles. The summed E-state index contributed by atoms with van der Waals surface area (Å²) in [5.74, 6) is 5.99. The molecule has 1 saturated heterocycles. The van der Waals surface area contributed by atoms with Crippen LogP contribution in [0.4, 0.5) is 0 Å². The van der Waals surface area contributed by atoms with E-state index in [9.17, 15) is 0 Å². The van der Waals surface area contributed by atoms with Gasteiger partial charge in [-0.3, -0.25) is 4.90 Å². The van der Waals surface area contributed by atoms with Gasteiger partial charge in [0, 0.05) is 18.0 Å². The third-order valence-corrected chi connectivity index (χ3v) is 4.10. The molecule has 1 aliphatic rings. The van der Waals surface area contributed by atoms with E-state index in [1.807, 2.05) is 0 Å². The van der Waals surface area contributed by atoms with E-state index in [0.29, 0.717) is 12.0 Å². The van der Waals surface area contributed by atoms with Crippen molar-refractivity contribution in [2.24, 2.45) is 11.1 Å². The molecule has 2 heterocycles. The van der Waals surface area contributed by atoms with Crippen LogP contribution in [0, 0.1) is 17.3 Å². The van der Waals surface area contributed by atoms with Gasteiger partial charge in [-0.15, -0.1) is 11.3 Å². The Bertz CT molecular complexity index is 437.